The van der Waals surface area contributed by atoms with Crippen LogP contribution < -0.4 is 10.1 Å². The third kappa shape index (κ3) is 5.92. The minimum Gasteiger partial charge on any atom is -0.494 e. The van der Waals surface area contributed by atoms with E-state index in [-0.39, 0.29) is 5.91 Å². The van der Waals surface area contributed by atoms with Crippen LogP contribution in [0.3, 0.4) is 0 Å². The Kier molecular flexibility index (Phi) is 6.62. The molecule has 0 radical (unpaired) electrons. The highest BCUT2D eigenvalue weighted by molar-refractivity contribution is 6.02. The Labute approximate surface area is 144 Å². The Hall–Kier alpha value is -2.55. The molecule has 0 aliphatic rings. The number of carbonyl (C=O) groups excluding carboxylic acids is 1. The maximum Gasteiger partial charge on any atom is 0.248 e. The first-order valence-corrected chi connectivity index (χ1v) is 8.37. The Bertz CT molecular complexity index is 682. The lowest BCUT2D eigenvalue weighted by atomic mass is 10.1. The van der Waals surface area contributed by atoms with Gasteiger partial charge in [-0.2, -0.15) is 0 Å². The van der Waals surface area contributed by atoms with E-state index in [4.69, 9.17) is 4.74 Å². The van der Waals surface area contributed by atoms with Crippen molar-refractivity contribution in [3.8, 4) is 5.75 Å². The zero-order valence-corrected chi connectivity index (χ0v) is 14.6. The van der Waals surface area contributed by atoms with Crippen LogP contribution in [0.4, 0.5) is 5.69 Å². The highest BCUT2D eigenvalue weighted by Gasteiger charge is 2.00. The molecule has 0 saturated carbocycles. The summed E-state index contributed by atoms with van der Waals surface area (Å²) in [4.78, 5) is 12.0. The van der Waals surface area contributed by atoms with Crippen LogP contribution in [0.2, 0.25) is 0 Å². The van der Waals surface area contributed by atoms with Gasteiger partial charge in [0.25, 0.3) is 0 Å². The third-order valence-electron chi connectivity index (χ3n) is 3.56. The number of ether oxygens (including phenoxy) is 1. The third-order valence-corrected chi connectivity index (χ3v) is 3.56. The van der Waals surface area contributed by atoms with Gasteiger partial charge in [0.15, 0.2) is 0 Å². The van der Waals surface area contributed by atoms with Crippen molar-refractivity contribution in [1.29, 1.82) is 0 Å². The number of aryl methyl sites for hydroxylation is 2. The van der Waals surface area contributed by atoms with Gasteiger partial charge in [-0.15, -0.1) is 0 Å². The van der Waals surface area contributed by atoms with Crippen LogP contribution in [0.5, 0.6) is 5.75 Å². The van der Waals surface area contributed by atoms with Crippen LogP contribution >= 0.6 is 0 Å². The second kappa shape index (κ2) is 8.92. The summed E-state index contributed by atoms with van der Waals surface area (Å²) in [7, 11) is 0. The Morgan fingerprint density at radius 1 is 1.08 bits per heavy atom. The molecule has 2 aromatic carbocycles. The molecule has 2 aromatic rings. The molecular formula is C21H25NO2. The lowest BCUT2D eigenvalue weighted by Gasteiger charge is -2.06. The van der Waals surface area contributed by atoms with Crippen LogP contribution in [-0.4, -0.2) is 12.5 Å². The number of nitrogens with one attached hydrogen (secondary N) is 1. The molecule has 2 rings (SSSR count). The summed E-state index contributed by atoms with van der Waals surface area (Å²) in [6.45, 7) is 6.91. The number of carbonyl (C=O) groups is 1. The number of amides is 1. The van der Waals surface area contributed by atoms with E-state index in [2.05, 4.69) is 18.3 Å². The van der Waals surface area contributed by atoms with Gasteiger partial charge in [0, 0.05) is 11.8 Å². The van der Waals surface area contributed by atoms with Crippen molar-refractivity contribution < 1.29 is 9.53 Å². The molecule has 1 amide bonds. The van der Waals surface area contributed by atoms with E-state index in [1.165, 1.54) is 0 Å². The van der Waals surface area contributed by atoms with E-state index >= 15 is 0 Å². The van der Waals surface area contributed by atoms with Gasteiger partial charge < -0.3 is 10.1 Å². The zero-order valence-electron chi connectivity index (χ0n) is 14.6. The zero-order chi connectivity index (χ0) is 17.4. The van der Waals surface area contributed by atoms with Gasteiger partial charge in [-0.3, -0.25) is 4.79 Å². The summed E-state index contributed by atoms with van der Waals surface area (Å²) in [6, 6.07) is 13.7. The second-order valence-electron chi connectivity index (χ2n) is 5.97. The predicted molar refractivity (Wildman–Crippen MR) is 100 cm³/mol. The fraction of sp³-hybridized carbons (Fsp3) is 0.286. The molecule has 0 saturated heterocycles. The lowest BCUT2D eigenvalue weighted by molar-refractivity contribution is -0.111. The van der Waals surface area contributed by atoms with E-state index in [9.17, 15) is 4.79 Å². The summed E-state index contributed by atoms with van der Waals surface area (Å²) >= 11 is 0. The minimum absolute atomic E-state index is 0.136. The fourth-order valence-electron chi connectivity index (χ4n) is 2.41. The van der Waals surface area contributed by atoms with Gasteiger partial charge in [0.1, 0.15) is 5.75 Å². The van der Waals surface area contributed by atoms with Crippen molar-refractivity contribution in [2.75, 3.05) is 11.9 Å². The maximum absolute atomic E-state index is 12.0. The Morgan fingerprint density at radius 3 is 2.38 bits per heavy atom. The molecule has 0 unspecified atom stereocenters. The molecule has 0 aliphatic heterocycles. The first-order chi connectivity index (χ1) is 11.6. The standard InChI is InChI=1S/C21H25NO2/c1-4-5-12-24-20-9-6-18(7-10-20)8-11-21(23)22-19-14-16(2)13-17(3)15-19/h6-11,13-15H,4-5,12H2,1-3H3,(H,22,23). The van der Waals surface area contributed by atoms with Gasteiger partial charge in [-0.1, -0.05) is 31.5 Å². The predicted octanol–water partition coefficient (Wildman–Crippen LogP) is 5.13. The first-order valence-electron chi connectivity index (χ1n) is 8.37. The number of unbranched alkanes of at least 4 members (excludes halogenated alkanes) is 1. The largest absolute Gasteiger partial charge is 0.494 e. The van der Waals surface area contributed by atoms with Gasteiger partial charge in [0.2, 0.25) is 5.91 Å². The quantitative estimate of drug-likeness (QED) is 0.566. The maximum atomic E-state index is 12.0. The van der Waals surface area contributed by atoms with E-state index in [0.717, 1.165) is 47.6 Å². The molecule has 0 aliphatic carbocycles. The molecule has 0 heterocycles. The van der Waals surface area contributed by atoms with Crippen molar-refractivity contribution in [2.24, 2.45) is 0 Å². The minimum atomic E-state index is -0.136. The molecule has 0 bridgehead atoms. The Balaban J connectivity index is 1.91. The van der Waals surface area contributed by atoms with Crippen LogP contribution in [0.25, 0.3) is 6.08 Å². The van der Waals surface area contributed by atoms with Crippen LogP contribution in [0.1, 0.15) is 36.5 Å². The number of rotatable bonds is 7. The van der Waals surface area contributed by atoms with E-state index in [1.54, 1.807) is 12.2 Å². The molecule has 0 spiro atoms. The van der Waals surface area contributed by atoms with Gasteiger partial charge in [-0.05, 0) is 67.3 Å². The monoisotopic (exact) mass is 323 g/mol. The lowest BCUT2D eigenvalue weighted by Crippen LogP contribution is -2.08. The number of anilines is 1. The number of hydrogen-bond acceptors (Lipinski definition) is 2. The summed E-state index contributed by atoms with van der Waals surface area (Å²) in [5.41, 5.74) is 4.05. The summed E-state index contributed by atoms with van der Waals surface area (Å²) in [5.74, 6) is 0.726. The van der Waals surface area contributed by atoms with Crippen molar-refractivity contribution >= 4 is 17.7 Å². The summed E-state index contributed by atoms with van der Waals surface area (Å²) < 4.78 is 5.62. The smallest absolute Gasteiger partial charge is 0.248 e. The van der Waals surface area contributed by atoms with Gasteiger partial charge in [-0.25, -0.2) is 0 Å². The van der Waals surface area contributed by atoms with Crippen LogP contribution in [0, 0.1) is 13.8 Å². The topological polar surface area (TPSA) is 38.3 Å². The number of benzene rings is 2. The van der Waals surface area contributed by atoms with E-state index in [1.807, 2.05) is 50.2 Å². The highest BCUT2D eigenvalue weighted by Crippen LogP contribution is 2.15. The molecule has 3 heteroatoms. The van der Waals surface area contributed by atoms with Gasteiger partial charge >= 0.3 is 0 Å². The molecule has 0 atom stereocenters. The normalized spacial score (nSPS) is 10.8. The molecule has 126 valence electrons. The second-order valence-corrected chi connectivity index (χ2v) is 5.97. The fourth-order valence-corrected chi connectivity index (χ4v) is 2.41. The SMILES string of the molecule is CCCCOc1ccc(C=CC(=O)Nc2cc(C)cc(C)c2)cc1. The van der Waals surface area contributed by atoms with E-state index < -0.39 is 0 Å². The molecule has 0 fully saturated rings. The summed E-state index contributed by atoms with van der Waals surface area (Å²) in [6.07, 6.45) is 5.52. The molecule has 24 heavy (non-hydrogen) atoms. The first kappa shape index (κ1) is 17.8. The van der Waals surface area contributed by atoms with Crippen molar-refractivity contribution in [1.82, 2.24) is 0 Å². The average molecular weight is 323 g/mol. The van der Waals surface area contributed by atoms with Crippen molar-refractivity contribution in [3.05, 3.63) is 65.2 Å². The highest BCUT2D eigenvalue weighted by atomic mass is 16.5. The van der Waals surface area contributed by atoms with E-state index in [0.29, 0.717) is 0 Å². The van der Waals surface area contributed by atoms with Gasteiger partial charge in [0.05, 0.1) is 6.61 Å². The van der Waals surface area contributed by atoms with Crippen molar-refractivity contribution in [2.45, 2.75) is 33.6 Å². The van der Waals surface area contributed by atoms with Crippen LogP contribution in [-0.2, 0) is 4.79 Å². The number of hydrogen-bond donors (Lipinski definition) is 1. The molecular weight excluding hydrogens is 298 g/mol. The average Bonchev–Trinajstić information content (AvgIpc) is 2.53. The molecule has 3 nitrogen and oxygen atoms in total. The van der Waals surface area contributed by atoms with Crippen LogP contribution in [0.15, 0.2) is 48.5 Å². The molecule has 0 aromatic heterocycles. The summed E-state index contributed by atoms with van der Waals surface area (Å²) in [5, 5.41) is 2.89. The molecule has 1 N–H and O–H groups in total. The Morgan fingerprint density at radius 2 is 1.75 bits per heavy atom. The van der Waals surface area contributed by atoms with Crippen molar-refractivity contribution in [3.63, 3.8) is 0 Å².